The Hall–Kier alpha value is -1.14. The Morgan fingerprint density at radius 2 is 1.77 bits per heavy atom. The van der Waals surface area contributed by atoms with Crippen LogP contribution in [0.15, 0.2) is 0 Å². The van der Waals surface area contributed by atoms with Crippen LogP contribution < -0.4 is 5.32 Å². The van der Waals surface area contributed by atoms with Crippen molar-refractivity contribution in [1.29, 1.82) is 0 Å². The Kier molecular flexibility index (Phi) is 7.32. The number of piperidine rings is 3. The maximum absolute atomic E-state index is 12.8. The van der Waals surface area contributed by atoms with Gasteiger partial charge in [-0.25, -0.2) is 0 Å². The molecule has 0 unspecified atom stereocenters. The lowest BCUT2D eigenvalue weighted by Crippen LogP contribution is -2.53. The van der Waals surface area contributed by atoms with Crippen LogP contribution in [0.2, 0.25) is 0 Å². The summed E-state index contributed by atoms with van der Waals surface area (Å²) in [4.78, 5) is 29.2. The minimum atomic E-state index is 0.0916. The van der Waals surface area contributed by atoms with Gasteiger partial charge in [-0.1, -0.05) is 6.42 Å². The number of likely N-dealkylation sites (tertiary alicyclic amines) is 1. The summed E-state index contributed by atoms with van der Waals surface area (Å²) in [7, 11) is 0. The van der Waals surface area contributed by atoms with E-state index < -0.39 is 0 Å². The van der Waals surface area contributed by atoms with Gasteiger partial charge in [0.2, 0.25) is 11.8 Å². The molecule has 3 fully saturated rings. The zero-order valence-electron chi connectivity index (χ0n) is 16.3. The van der Waals surface area contributed by atoms with E-state index in [0.717, 1.165) is 45.3 Å². The molecule has 6 heteroatoms. The Bertz CT molecular complexity index is 475. The van der Waals surface area contributed by atoms with E-state index in [0.29, 0.717) is 18.6 Å². The predicted molar refractivity (Wildman–Crippen MR) is 101 cm³/mol. The minimum absolute atomic E-state index is 0.0916. The van der Waals surface area contributed by atoms with Crippen LogP contribution in [0.4, 0.5) is 0 Å². The molecule has 3 aliphatic rings. The average molecular weight is 366 g/mol. The molecule has 6 nitrogen and oxygen atoms in total. The quantitative estimate of drug-likeness (QED) is 0.777. The Labute approximate surface area is 157 Å². The maximum Gasteiger partial charge on any atom is 0.248 e. The first-order valence-electron chi connectivity index (χ1n) is 10.6. The molecule has 0 saturated carbocycles. The van der Waals surface area contributed by atoms with Crippen molar-refractivity contribution in [2.45, 2.75) is 57.9 Å². The summed E-state index contributed by atoms with van der Waals surface area (Å²) < 4.78 is 5.21. The molecule has 3 heterocycles. The van der Waals surface area contributed by atoms with E-state index >= 15 is 0 Å². The third-order valence-corrected chi connectivity index (χ3v) is 6.39. The summed E-state index contributed by atoms with van der Waals surface area (Å²) in [5.74, 6) is 1.02. The summed E-state index contributed by atoms with van der Waals surface area (Å²) in [5, 5.41) is 3.24. The molecule has 0 aromatic carbocycles. The number of hydrogen-bond acceptors (Lipinski definition) is 4. The molecule has 0 aromatic heterocycles. The molecule has 0 bridgehead atoms. The van der Waals surface area contributed by atoms with E-state index in [-0.39, 0.29) is 24.3 Å². The standard InChI is InChI=1S/C20H35N3O3/c1-2-26-15-19(24)23-12-8-16(9-13-23)14-21-20(25)17-6-5-11-22-10-4-3-7-18(17)22/h16-18H,2-15H2,1H3,(H,21,25)/t17-,18-/m1/s1. The number of amides is 2. The molecule has 2 amide bonds. The monoisotopic (exact) mass is 365 g/mol. The smallest absolute Gasteiger partial charge is 0.248 e. The highest BCUT2D eigenvalue weighted by Crippen LogP contribution is 2.31. The van der Waals surface area contributed by atoms with Crippen LogP contribution in [0.5, 0.6) is 0 Å². The van der Waals surface area contributed by atoms with E-state index in [2.05, 4.69) is 10.2 Å². The lowest BCUT2D eigenvalue weighted by atomic mass is 9.83. The zero-order valence-corrected chi connectivity index (χ0v) is 16.3. The second kappa shape index (κ2) is 9.70. The van der Waals surface area contributed by atoms with Gasteiger partial charge < -0.3 is 15.0 Å². The summed E-state index contributed by atoms with van der Waals surface area (Å²) >= 11 is 0. The number of fused-ring (bicyclic) bond motifs is 1. The van der Waals surface area contributed by atoms with Crippen molar-refractivity contribution in [3.05, 3.63) is 0 Å². The molecule has 3 aliphatic heterocycles. The van der Waals surface area contributed by atoms with Gasteiger partial charge in [-0.15, -0.1) is 0 Å². The van der Waals surface area contributed by atoms with E-state index in [1.165, 1.54) is 32.4 Å². The van der Waals surface area contributed by atoms with Crippen LogP contribution in [0, 0.1) is 11.8 Å². The largest absolute Gasteiger partial charge is 0.372 e. The second-order valence-corrected chi connectivity index (χ2v) is 8.05. The summed E-state index contributed by atoms with van der Waals surface area (Å²) in [6.45, 7) is 7.34. The molecule has 0 radical (unpaired) electrons. The third kappa shape index (κ3) is 4.97. The molecule has 0 spiro atoms. The first kappa shape index (κ1) is 19.6. The van der Waals surface area contributed by atoms with Gasteiger partial charge in [-0.3, -0.25) is 14.5 Å². The maximum atomic E-state index is 12.8. The highest BCUT2D eigenvalue weighted by atomic mass is 16.5. The Morgan fingerprint density at radius 1 is 1.00 bits per heavy atom. The van der Waals surface area contributed by atoms with Crippen molar-refractivity contribution in [1.82, 2.24) is 15.1 Å². The summed E-state index contributed by atoms with van der Waals surface area (Å²) in [6.07, 6.45) is 7.85. The molecule has 148 valence electrons. The van der Waals surface area contributed by atoms with Crippen molar-refractivity contribution >= 4 is 11.8 Å². The topological polar surface area (TPSA) is 61.9 Å². The van der Waals surface area contributed by atoms with E-state index in [9.17, 15) is 9.59 Å². The zero-order chi connectivity index (χ0) is 18.4. The number of rotatable bonds is 6. The van der Waals surface area contributed by atoms with Gasteiger partial charge in [0, 0.05) is 32.3 Å². The van der Waals surface area contributed by atoms with Crippen LogP contribution in [0.1, 0.15) is 51.9 Å². The van der Waals surface area contributed by atoms with Crippen molar-refractivity contribution in [3.63, 3.8) is 0 Å². The number of carbonyl (C=O) groups excluding carboxylic acids is 2. The highest BCUT2D eigenvalue weighted by molar-refractivity contribution is 5.79. The molecule has 1 N–H and O–H groups in total. The van der Waals surface area contributed by atoms with E-state index in [4.69, 9.17) is 4.74 Å². The van der Waals surface area contributed by atoms with Crippen LogP contribution in [-0.2, 0) is 14.3 Å². The molecule has 3 saturated heterocycles. The second-order valence-electron chi connectivity index (χ2n) is 8.05. The summed E-state index contributed by atoms with van der Waals surface area (Å²) in [5.41, 5.74) is 0. The molecule has 2 atom stereocenters. The van der Waals surface area contributed by atoms with Gasteiger partial charge >= 0.3 is 0 Å². The molecular formula is C20H35N3O3. The Balaban J connectivity index is 1.39. The number of hydrogen-bond donors (Lipinski definition) is 1. The Morgan fingerprint density at radius 3 is 2.54 bits per heavy atom. The first-order chi connectivity index (χ1) is 12.7. The average Bonchev–Trinajstić information content (AvgIpc) is 2.70. The highest BCUT2D eigenvalue weighted by Gasteiger charge is 2.37. The van der Waals surface area contributed by atoms with Gasteiger partial charge in [0.05, 0.1) is 5.92 Å². The molecular weight excluding hydrogens is 330 g/mol. The van der Waals surface area contributed by atoms with E-state index in [1.54, 1.807) is 0 Å². The van der Waals surface area contributed by atoms with Crippen molar-refractivity contribution in [2.75, 3.05) is 45.9 Å². The molecule has 0 aromatic rings. The number of carbonyl (C=O) groups is 2. The fraction of sp³-hybridized carbons (Fsp3) is 0.900. The molecule has 3 rings (SSSR count). The number of ether oxygens (including phenoxy) is 1. The minimum Gasteiger partial charge on any atom is -0.372 e. The predicted octanol–water partition coefficient (Wildman–Crippen LogP) is 1.64. The number of nitrogens with zero attached hydrogens (tertiary/aromatic N) is 2. The lowest BCUT2D eigenvalue weighted by Gasteiger charge is -2.43. The van der Waals surface area contributed by atoms with Crippen LogP contribution in [0.25, 0.3) is 0 Å². The van der Waals surface area contributed by atoms with Gasteiger partial charge in [-0.05, 0) is 64.5 Å². The summed E-state index contributed by atoms with van der Waals surface area (Å²) in [6, 6.07) is 0.468. The number of nitrogens with one attached hydrogen (secondary N) is 1. The van der Waals surface area contributed by atoms with Crippen LogP contribution in [-0.4, -0.2) is 73.6 Å². The van der Waals surface area contributed by atoms with Crippen molar-refractivity contribution in [3.8, 4) is 0 Å². The SMILES string of the molecule is CCOCC(=O)N1CCC(CNC(=O)[C@@H]2CCCN3CCCC[C@H]23)CC1. The van der Waals surface area contributed by atoms with Gasteiger partial charge in [-0.2, -0.15) is 0 Å². The van der Waals surface area contributed by atoms with Crippen molar-refractivity contribution in [2.24, 2.45) is 11.8 Å². The molecule has 26 heavy (non-hydrogen) atoms. The fourth-order valence-electron chi connectivity index (χ4n) is 4.81. The van der Waals surface area contributed by atoms with Crippen LogP contribution in [0.3, 0.4) is 0 Å². The lowest BCUT2D eigenvalue weighted by molar-refractivity contribution is -0.137. The first-order valence-corrected chi connectivity index (χ1v) is 10.6. The van der Waals surface area contributed by atoms with Gasteiger partial charge in [0.1, 0.15) is 6.61 Å². The van der Waals surface area contributed by atoms with Crippen LogP contribution >= 0.6 is 0 Å². The van der Waals surface area contributed by atoms with E-state index in [1.807, 2.05) is 11.8 Å². The third-order valence-electron chi connectivity index (χ3n) is 6.39. The van der Waals surface area contributed by atoms with Gasteiger partial charge in [0.15, 0.2) is 0 Å². The van der Waals surface area contributed by atoms with Gasteiger partial charge in [0.25, 0.3) is 0 Å². The van der Waals surface area contributed by atoms with Crippen molar-refractivity contribution < 1.29 is 14.3 Å². The molecule has 0 aliphatic carbocycles. The fourth-order valence-corrected chi connectivity index (χ4v) is 4.81. The normalized spacial score (nSPS) is 27.8.